The number of quaternary nitrogens is 1. The van der Waals surface area contributed by atoms with Gasteiger partial charge in [-0.25, -0.2) is 0 Å². The maximum absolute atomic E-state index is 6.32. The van der Waals surface area contributed by atoms with Gasteiger partial charge in [-0.1, -0.05) is 13.8 Å². The standard InChI is InChI=1S/C19H33NO2/c1-18(2)10-15-6-7-19(18,11-15)12-17-21-14-16(22-17)13-20-8-4-3-5-9-20/h15-17H,3-14H2,1-2H3/p+1/t15-,16+,17-,19+/m0/s1. The number of hydrogen-bond donors (Lipinski definition) is 1. The maximum atomic E-state index is 6.32. The highest BCUT2D eigenvalue weighted by Crippen LogP contribution is 2.66. The minimum absolute atomic E-state index is 0.0744. The van der Waals surface area contributed by atoms with E-state index in [4.69, 9.17) is 9.47 Å². The number of piperidine rings is 1. The molecule has 0 spiro atoms. The smallest absolute Gasteiger partial charge is 0.159 e. The molecule has 0 unspecified atom stereocenters. The predicted octanol–water partition coefficient (Wildman–Crippen LogP) is 2.40. The van der Waals surface area contributed by atoms with Gasteiger partial charge in [0.25, 0.3) is 0 Å². The van der Waals surface area contributed by atoms with Gasteiger partial charge in [-0.05, 0) is 61.7 Å². The van der Waals surface area contributed by atoms with Crippen molar-refractivity contribution in [1.29, 1.82) is 0 Å². The van der Waals surface area contributed by atoms with E-state index in [9.17, 15) is 0 Å². The minimum Gasteiger partial charge on any atom is -0.350 e. The fourth-order valence-electron chi connectivity index (χ4n) is 6.04. The number of nitrogens with one attached hydrogen (secondary N) is 1. The highest BCUT2D eigenvalue weighted by atomic mass is 16.7. The Morgan fingerprint density at radius 2 is 1.91 bits per heavy atom. The van der Waals surface area contributed by atoms with Crippen LogP contribution in [0.3, 0.4) is 0 Å². The Balaban J connectivity index is 1.31. The molecule has 126 valence electrons. The SMILES string of the molecule is CC1(C)C[C@@H]2CC[C@]1(C[C@H]1OC[C@@H](C[NH+]3CCCCC3)O1)C2. The van der Waals surface area contributed by atoms with Crippen LogP contribution in [0.1, 0.15) is 65.2 Å². The van der Waals surface area contributed by atoms with E-state index in [1.165, 1.54) is 58.0 Å². The summed E-state index contributed by atoms with van der Waals surface area (Å²) in [6, 6.07) is 0. The number of hydrogen-bond acceptors (Lipinski definition) is 2. The Kier molecular flexibility index (Phi) is 4.03. The van der Waals surface area contributed by atoms with Crippen molar-refractivity contribution in [3.63, 3.8) is 0 Å². The van der Waals surface area contributed by atoms with E-state index in [1.54, 1.807) is 4.90 Å². The van der Waals surface area contributed by atoms with Gasteiger partial charge in [0.05, 0.1) is 19.7 Å². The van der Waals surface area contributed by atoms with Gasteiger partial charge in [0.15, 0.2) is 6.29 Å². The normalized spacial score (nSPS) is 44.7. The third-order valence-corrected chi connectivity index (χ3v) is 7.39. The number of rotatable bonds is 4. The third kappa shape index (κ3) is 2.74. The largest absolute Gasteiger partial charge is 0.350 e. The average molecular weight is 308 g/mol. The molecule has 2 aliphatic heterocycles. The van der Waals surface area contributed by atoms with Crippen molar-refractivity contribution >= 4 is 0 Å². The quantitative estimate of drug-likeness (QED) is 0.862. The van der Waals surface area contributed by atoms with Gasteiger partial charge in [0, 0.05) is 6.42 Å². The van der Waals surface area contributed by atoms with E-state index in [-0.39, 0.29) is 6.29 Å². The Bertz CT molecular complexity index is 404. The average Bonchev–Trinajstić information content (AvgIpc) is 3.14. The third-order valence-electron chi connectivity index (χ3n) is 7.39. The first-order chi connectivity index (χ1) is 10.6. The van der Waals surface area contributed by atoms with Gasteiger partial charge in [-0.3, -0.25) is 0 Å². The molecule has 2 heterocycles. The summed E-state index contributed by atoms with van der Waals surface area (Å²) in [6.45, 7) is 9.63. The van der Waals surface area contributed by atoms with E-state index in [1.807, 2.05) is 0 Å². The predicted molar refractivity (Wildman–Crippen MR) is 86.8 cm³/mol. The highest BCUT2D eigenvalue weighted by Gasteiger charge is 2.57. The summed E-state index contributed by atoms with van der Waals surface area (Å²) in [4.78, 5) is 1.74. The summed E-state index contributed by atoms with van der Waals surface area (Å²) in [5, 5.41) is 0. The molecule has 1 N–H and O–H groups in total. The molecule has 2 aliphatic carbocycles. The maximum Gasteiger partial charge on any atom is 0.159 e. The molecule has 3 heteroatoms. The van der Waals surface area contributed by atoms with Gasteiger partial charge in [-0.15, -0.1) is 0 Å². The Labute approximate surface area is 135 Å². The van der Waals surface area contributed by atoms with Gasteiger partial charge < -0.3 is 14.4 Å². The molecule has 2 saturated heterocycles. The van der Waals surface area contributed by atoms with E-state index in [0.29, 0.717) is 16.9 Å². The molecule has 4 aliphatic rings. The van der Waals surface area contributed by atoms with Crippen LogP contribution in [0, 0.1) is 16.7 Å². The van der Waals surface area contributed by atoms with Gasteiger partial charge in [-0.2, -0.15) is 0 Å². The summed E-state index contributed by atoms with van der Waals surface area (Å²) in [7, 11) is 0. The van der Waals surface area contributed by atoms with E-state index in [2.05, 4.69) is 13.8 Å². The van der Waals surface area contributed by atoms with Crippen LogP contribution in [-0.4, -0.2) is 38.6 Å². The molecule has 0 aromatic heterocycles. The lowest BCUT2D eigenvalue weighted by atomic mass is 9.63. The van der Waals surface area contributed by atoms with E-state index < -0.39 is 0 Å². The number of ether oxygens (including phenoxy) is 2. The lowest BCUT2D eigenvalue weighted by Gasteiger charge is -2.43. The molecular weight excluding hydrogens is 274 g/mol. The second kappa shape index (κ2) is 5.75. The molecular formula is C19H34NO2+. The number of likely N-dealkylation sites (tertiary alicyclic amines) is 1. The molecule has 0 radical (unpaired) electrons. The van der Waals surface area contributed by atoms with Crippen LogP contribution in [0.25, 0.3) is 0 Å². The first kappa shape index (κ1) is 15.4. The van der Waals surface area contributed by atoms with Crippen LogP contribution in [0.2, 0.25) is 0 Å². The van der Waals surface area contributed by atoms with E-state index in [0.717, 1.165) is 25.5 Å². The molecule has 0 amide bonds. The fourth-order valence-corrected chi connectivity index (χ4v) is 6.04. The zero-order valence-electron chi connectivity index (χ0n) is 14.5. The molecule has 2 saturated carbocycles. The fraction of sp³-hybridized carbons (Fsp3) is 1.00. The van der Waals surface area contributed by atoms with Crippen molar-refractivity contribution in [1.82, 2.24) is 0 Å². The summed E-state index contributed by atoms with van der Waals surface area (Å²) in [5.74, 6) is 0.977. The van der Waals surface area contributed by atoms with Crippen LogP contribution in [0.5, 0.6) is 0 Å². The van der Waals surface area contributed by atoms with Gasteiger partial charge in [0.2, 0.25) is 0 Å². The summed E-state index contributed by atoms with van der Waals surface area (Å²) in [6.07, 6.45) is 11.5. The molecule has 4 fully saturated rings. The van der Waals surface area contributed by atoms with Crippen LogP contribution in [0.4, 0.5) is 0 Å². The second-order valence-corrected chi connectivity index (χ2v) is 9.22. The van der Waals surface area contributed by atoms with Crippen LogP contribution < -0.4 is 4.90 Å². The van der Waals surface area contributed by atoms with E-state index >= 15 is 0 Å². The lowest BCUT2D eigenvalue weighted by Crippen LogP contribution is -3.13. The first-order valence-electron chi connectivity index (χ1n) is 9.67. The van der Waals surface area contributed by atoms with Crippen LogP contribution in [0.15, 0.2) is 0 Å². The first-order valence-corrected chi connectivity index (χ1v) is 9.67. The van der Waals surface area contributed by atoms with Crippen LogP contribution in [-0.2, 0) is 9.47 Å². The van der Waals surface area contributed by atoms with Crippen molar-refractivity contribution in [2.24, 2.45) is 16.7 Å². The summed E-state index contributed by atoms with van der Waals surface area (Å²) < 4.78 is 12.4. The monoisotopic (exact) mass is 308 g/mol. The van der Waals surface area contributed by atoms with Crippen molar-refractivity contribution in [3.8, 4) is 0 Å². The van der Waals surface area contributed by atoms with Crippen molar-refractivity contribution in [2.45, 2.75) is 77.6 Å². The molecule has 0 aromatic carbocycles. The molecule has 22 heavy (non-hydrogen) atoms. The minimum atomic E-state index is 0.0744. The van der Waals surface area contributed by atoms with Crippen molar-refractivity contribution in [3.05, 3.63) is 0 Å². The Morgan fingerprint density at radius 1 is 1.09 bits per heavy atom. The Morgan fingerprint density at radius 3 is 2.59 bits per heavy atom. The molecule has 2 bridgehead atoms. The van der Waals surface area contributed by atoms with Crippen LogP contribution >= 0.6 is 0 Å². The molecule has 0 aromatic rings. The zero-order chi connectivity index (χ0) is 15.2. The topological polar surface area (TPSA) is 22.9 Å². The Hall–Kier alpha value is -0.120. The van der Waals surface area contributed by atoms with Gasteiger partial charge >= 0.3 is 0 Å². The molecule has 4 atom stereocenters. The van der Waals surface area contributed by atoms with Gasteiger partial charge in [0.1, 0.15) is 12.6 Å². The summed E-state index contributed by atoms with van der Waals surface area (Å²) >= 11 is 0. The molecule has 3 nitrogen and oxygen atoms in total. The molecule has 4 rings (SSSR count). The summed E-state index contributed by atoms with van der Waals surface area (Å²) in [5.41, 5.74) is 0.980. The van der Waals surface area contributed by atoms with Crippen molar-refractivity contribution in [2.75, 3.05) is 26.2 Å². The highest BCUT2D eigenvalue weighted by molar-refractivity contribution is 5.06. The van der Waals surface area contributed by atoms with Crippen molar-refractivity contribution < 1.29 is 14.4 Å². The number of fused-ring (bicyclic) bond motifs is 2. The second-order valence-electron chi connectivity index (χ2n) is 9.22. The zero-order valence-corrected chi connectivity index (χ0v) is 14.5. The lowest BCUT2D eigenvalue weighted by molar-refractivity contribution is -0.907.